The predicted octanol–water partition coefficient (Wildman–Crippen LogP) is 3.84. The van der Waals surface area contributed by atoms with E-state index in [1.54, 1.807) is 11.3 Å². The Morgan fingerprint density at radius 1 is 1.33 bits per heavy atom. The van der Waals surface area contributed by atoms with Crippen molar-refractivity contribution in [2.45, 2.75) is 19.3 Å². The van der Waals surface area contributed by atoms with E-state index in [4.69, 9.17) is 0 Å². The molecule has 96 valence electrons. The van der Waals surface area contributed by atoms with Gasteiger partial charge in [-0.05, 0) is 24.2 Å². The number of thiazole rings is 1. The van der Waals surface area contributed by atoms with Crippen LogP contribution in [0, 0.1) is 0 Å². The lowest BCUT2D eigenvalue weighted by Gasteiger charge is -2.16. The van der Waals surface area contributed by atoms with Gasteiger partial charge in [0.05, 0.1) is 5.01 Å². The van der Waals surface area contributed by atoms with Crippen molar-refractivity contribution in [1.82, 2.24) is 10.3 Å². The lowest BCUT2D eigenvalue weighted by Crippen LogP contribution is -2.22. The van der Waals surface area contributed by atoms with Gasteiger partial charge in [-0.15, -0.1) is 11.3 Å². The maximum atomic E-state index is 4.39. The highest BCUT2D eigenvalue weighted by Gasteiger charge is 2.13. The molecule has 1 atom stereocenters. The van der Waals surface area contributed by atoms with Crippen molar-refractivity contribution in [2.24, 2.45) is 0 Å². The SMILES string of the molecule is CCNCC(Cc1nccs1)c1ccc(Br)cc1. The third-order valence-electron chi connectivity index (χ3n) is 2.89. The molecular weight excluding hydrogens is 308 g/mol. The van der Waals surface area contributed by atoms with Crippen LogP contribution in [0.3, 0.4) is 0 Å². The van der Waals surface area contributed by atoms with Crippen LogP contribution in [0.5, 0.6) is 0 Å². The average molecular weight is 325 g/mol. The van der Waals surface area contributed by atoms with E-state index >= 15 is 0 Å². The summed E-state index contributed by atoms with van der Waals surface area (Å²) in [7, 11) is 0. The van der Waals surface area contributed by atoms with Crippen LogP contribution in [0.15, 0.2) is 40.3 Å². The van der Waals surface area contributed by atoms with Gasteiger partial charge in [-0.25, -0.2) is 4.98 Å². The zero-order chi connectivity index (χ0) is 12.8. The quantitative estimate of drug-likeness (QED) is 0.873. The molecule has 0 saturated heterocycles. The second-order valence-electron chi connectivity index (χ2n) is 4.19. The third-order valence-corrected chi connectivity index (χ3v) is 4.22. The van der Waals surface area contributed by atoms with E-state index in [1.807, 2.05) is 11.6 Å². The Kier molecular flexibility index (Phi) is 5.35. The van der Waals surface area contributed by atoms with Gasteiger partial charge in [0.2, 0.25) is 0 Å². The number of nitrogens with zero attached hydrogens (tertiary/aromatic N) is 1. The predicted molar refractivity (Wildman–Crippen MR) is 81.2 cm³/mol. The summed E-state index contributed by atoms with van der Waals surface area (Å²) < 4.78 is 1.13. The summed E-state index contributed by atoms with van der Waals surface area (Å²) in [5.74, 6) is 0.490. The first-order valence-corrected chi connectivity index (χ1v) is 7.81. The molecule has 0 bridgehead atoms. The normalized spacial score (nSPS) is 12.6. The third kappa shape index (κ3) is 3.90. The molecule has 0 amide bonds. The molecule has 0 radical (unpaired) electrons. The maximum absolute atomic E-state index is 4.39. The van der Waals surface area contributed by atoms with Gasteiger partial charge in [0, 0.05) is 34.9 Å². The fraction of sp³-hybridized carbons (Fsp3) is 0.357. The summed E-state index contributed by atoms with van der Waals surface area (Å²) in [6, 6.07) is 8.60. The van der Waals surface area contributed by atoms with Crippen LogP contribution in [0.2, 0.25) is 0 Å². The van der Waals surface area contributed by atoms with E-state index in [2.05, 4.69) is 57.4 Å². The number of halogens is 1. The largest absolute Gasteiger partial charge is 0.316 e. The fourth-order valence-corrected chi connectivity index (χ4v) is 2.89. The van der Waals surface area contributed by atoms with E-state index in [1.165, 1.54) is 10.6 Å². The summed E-state index contributed by atoms with van der Waals surface area (Å²) in [6.45, 7) is 4.14. The number of aromatic nitrogens is 1. The van der Waals surface area contributed by atoms with Gasteiger partial charge in [-0.2, -0.15) is 0 Å². The van der Waals surface area contributed by atoms with Crippen LogP contribution >= 0.6 is 27.3 Å². The first-order chi connectivity index (χ1) is 8.79. The molecule has 0 fully saturated rings. The number of hydrogen-bond acceptors (Lipinski definition) is 3. The molecule has 1 N–H and O–H groups in total. The van der Waals surface area contributed by atoms with Gasteiger partial charge in [0.25, 0.3) is 0 Å². The topological polar surface area (TPSA) is 24.9 Å². The zero-order valence-electron chi connectivity index (χ0n) is 10.4. The van der Waals surface area contributed by atoms with E-state index in [0.29, 0.717) is 5.92 Å². The van der Waals surface area contributed by atoms with Crippen molar-refractivity contribution in [3.05, 3.63) is 50.9 Å². The van der Waals surface area contributed by atoms with Gasteiger partial charge in [0.1, 0.15) is 0 Å². The van der Waals surface area contributed by atoms with Crippen molar-refractivity contribution in [3.63, 3.8) is 0 Å². The van der Waals surface area contributed by atoms with Crippen LogP contribution in [-0.2, 0) is 6.42 Å². The monoisotopic (exact) mass is 324 g/mol. The second-order valence-corrected chi connectivity index (χ2v) is 6.08. The first-order valence-electron chi connectivity index (χ1n) is 6.14. The molecule has 0 aliphatic rings. The Morgan fingerprint density at radius 3 is 2.72 bits per heavy atom. The highest BCUT2D eigenvalue weighted by Crippen LogP contribution is 2.23. The Morgan fingerprint density at radius 2 is 2.11 bits per heavy atom. The minimum atomic E-state index is 0.490. The van der Waals surface area contributed by atoms with Gasteiger partial charge in [0.15, 0.2) is 0 Å². The molecular formula is C14H17BrN2S. The first kappa shape index (κ1) is 13.7. The summed E-state index contributed by atoms with van der Waals surface area (Å²) in [4.78, 5) is 4.39. The molecule has 2 rings (SSSR count). The molecule has 0 spiro atoms. The van der Waals surface area contributed by atoms with Crippen LogP contribution < -0.4 is 5.32 Å². The van der Waals surface area contributed by atoms with Crippen molar-refractivity contribution in [3.8, 4) is 0 Å². The molecule has 1 aromatic heterocycles. The molecule has 1 unspecified atom stereocenters. The smallest absolute Gasteiger partial charge is 0.0931 e. The summed E-state index contributed by atoms with van der Waals surface area (Å²) in [5, 5.41) is 6.69. The summed E-state index contributed by atoms with van der Waals surface area (Å²) in [6.07, 6.45) is 2.89. The molecule has 2 aromatic rings. The second kappa shape index (κ2) is 7.02. The summed E-state index contributed by atoms with van der Waals surface area (Å²) in [5.41, 5.74) is 1.37. The minimum absolute atomic E-state index is 0.490. The van der Waals surface area contributed by atoms with Gasteiger partial charge in [-0.3, -0.25) is 0 Å². The Hall–Kier alpha value is -0.710. The Balaban J connectivity index is 2.11. The molecule has 0 aliphatic carbocycles. The summed E-state index contributed by atoms with van der Waals surface area (Å²) >= 11 is 5.22. The van der Waals surface area contributed by atoms with Crippen LogP contribution in [0.25, 0.3) is 0 Å². The van der Waals surface area contributed by atoms with Crippen LogP contribution in [0.4, 0.5) is 0 Å². The Labute approximate surface area is 121 Å². The average Bonchev–Trinajstić information content (AvgIpc) is 2.88. The Bertz CT molecular complexity index is 453. The lowest BCUT2D eigenvalue weighted by atomic mass is 9.96. The van der Waals surface area contributed by atoms with Crippen molar-refractivity contribution in [1.29, 1.82) is 0 Å². The molecule has 0 aliphatic heterocycles. The fourth-order valence-electron chi connectivity index (χ4n) is 1.93. The number of nitrogens with one attached hydrogen (secondary N) is 1. The van der Waals surface area contributed by atoms with E-state index < -0.39 is 0 Å². The zero-order valence-corrected chi connectivity index (χ0v) is 12.8. The van der Waals surface area contributed by atoms with Gasteiger partial charge >= 0.3 is 0 Å². The highest BCUT2D eigenvalue weighted by atomic mass is 79.9. The standard InChI is InChI=1S/C14H17BrN2S/c1-2-16-10-12(9-14-17-7-8-18-14)11-3-5-13(15)6-4-11/h3-8,12,16H,2,9-10H2,1H3. The molecule has 0 saturated carbocycles. The molecule has 1 aromatic carbocycles. The number of rotatable bonds is 6. The minimum Gasteiger partial charge on any atom is -0.316 e. The van der Waals surface area contributed by atoms with Crippen molar-refractivity contribution < 1.29 is 0 Å². The number of benzene rings is 1. The van der Waals surface area contributed by atoms with E-state index in [-0.39, 0.29) is 0 Å². The van der Waals surface area contributed by atoms with Crippen LogP contribution in [-0.4, -0.2) is 18.1 Å². The highest BCUT2D eigenvalue weighted by molar-refractivity contribution is 9.10. The lowest BCUT2D eigenvalue weighted by molar-refractivity contribution is 0.593. The number of likely N-dealkylation sites (N-methyl/N-ethyl adjacent to an activating group) is 1. The molecule has 4 heteroatoms. The maximum Gasteiger partial charge on any atom is 0.0931 e. The number of hydrogen-bond donors (Lipinski definition) is 1. The van der Waals surface area contributed by atoms with Gasteiger partial charge in [-0.1, -0.05) is 35.0 Å². The molecule has 1 heterocycles. The molecule has 18 heavy (non-hydrogen) atoms. The molecule has 2 nitrogen and oxygen atoms in total. The van der Waals surface area contributed by atoms with E-state index in [9.17, 15) is 0 Å². The van der Waals surface area contributed by atoms with Crippen molar-refractivity contribution >= 4 is 27.3 Å². The van der Waals surface area contributed by atoms with Gasteiger partial charge < -0.3 is 5.32 Å². The van der Waals surface area contributed by atoms with E-state index in [0.717, 1.165) is 24.0 Å². The van der Waals surface area contributed by atoms with Crippen LogP contribution in [0.1, 0.15) is 23.4 Å². The van der Waals surface area contributed by atoms with Crippen molar-refractivity contribution in [2.75, 3.05) is 13.1 Å².